The number of hydrogen-bond donors (Lipinski definition) is 0. The normalized spacial score (nSPS) is 54.8. The van der Waals surface area contributed by atoms with Crippen molar-refractivity contribution >= 4 is 0 Å². The van der Waals surface area contributed by atoms with Crippen molar-refractivity contribution in [1.82, 2.24) is 0 Å². The van der Waals surface area contributed by atoms with E-state index in [4.69, 9.17) is 9.47 Å². The molecule has 2 heteroatoms. The highest BCUT2D eigenvalue weighted by Crippen LogP contribution is 2.58. The van der Waals surface area contributed by atoms with Crippen LogP contribution in [0.2, 0.25) is 0 Å². The lowest BCUT2D eigenvalue weighted by Crippen LogP contribution is -2.68. The SMILES string of the molecule is CC1(C)CCC[C@]2(C)O[C@@]3(C)COC3(C)CC[C@@H]12. The zero-order valence-corrected chi connectivity index (χ0v) is 12.6. The first kappa shape index (κ1) is 12.9. The van der Waals surface area contributed by atoms with Gasteiger partial charge in [0.2, 0.25) is 0 Å². The fraction of sp³-hybridized carbons (Fsp3) is 1.00. The Morgan fingerprint density at radius 2 is 1.61 bits per heavy atom. The quantitative estimate of drug-likeness (QED) is 0.650. The second-order valence-electron chi connectivity index (χ2n) is 8.10. The molecule has 2 heterocycles. The van der Waals surface area contributed by atoms with E-state index in [1.165, 1.54) is 25.7 Å². The fourth-order valence-corrected chi connectivity index (χ4v) is 4.82. The van der Waals surface area contributed by atoms with Crippen LogP contribution in [0.25, 0.3) is 0 Å². The predicted molar refractivity (Wildman–Crippen MR) is 72.6 cm³/mol. The Labute approximate surface area is 111 Å². The number of fused-ring (bicyclic) bond motifs is 2. The van der Waals surface area contributed by atoms with Crippen molar-refractivity contribution in [1.29, 1.82) is 0 Å². The summed E-state index contributed by atoms with van der Waals surface area (Å²) in [5.74, 6) is 0.668. The summed E-state index contributed by atoms with van der Waals surface area (Å²) < 4.78 is 12.6. The van der Waals surface area contributed by atoms with Gasteiger partial charge >= 0.3 is 0 Å². The van der Waals surface area contributed by atoms with Gasteiger partial charge < -0.3 is 9.47 Å². The van der Waals surface area contributed by atoms with Gasteiger partial charge in [0.25, 0.3) is 0 Å². The van der Waals surface area contributed by atoms with Crippen LogP contribution < -0.4 is 0 Å². The van der Waals surface area contributed by atoms with Gasteiger partial charge in [-0.1, -0.05) is 20.3 Å². The number of ether oxygens (including phenoxy) is 2. The van der Waals surface area contributed by atoms with Crippen molar-refractivity contribution < 1.29 is 9.47 Å². The zero-order valence-electron chi connectivity index (χ0n) is 12.6. The summed E-state index contributed by atoms with van der Waals surface area (Å²) in [6.07, 6.45) is 6.24. The van der Waals surface area contributed by atoms with Gasteiger partial charge in [0.15, 0.2) is 0 Å². The summed E-state index contributed by atoms with van der Waals surface area (Å²) in [5, 5.41) is 0. The van der Waals surface area contributed by atoms with Crippen LogP contribution in [0.3, 0.4) is 0 Å². The molecule has 0 aromatic carbocycles. The van der Waals surface area contributed by atoms with Gasteiger partial charge in [-0.05, 0) is 57.8 Å². The maximum atomic E-state index is 6.70. The second kappa shape index (κ2) is 3.52. The standard InChI is InChI=1S/C16H28O2/c1-13(2)8-6-9-14(3)12(13)7-10-15(4)16(5,18-14)11-17-15/h12H,6-11H2,1-5H3/t12-,14-,15?,16-/m0/s1. The van der Waals surface area contributed by atoms with Crippen molar-refractivity contribution in [3.8, 4) is 0 Å². The molecule has 0 amide bonds. The highest BCUT2D eigenvalue weighted by Gasteiger charge is 2.63. The average molecular weight is 252 g/mol. The van der Waals surface area contributed by atoms with E-state index in [9.17, 15) is 0 Å². The van der Waals surface area contributed by atoms with Crippen molar-refractivity contribution in [2.24, 2.45) is 11.3 Å². The second-order valence-corrected chi connectivity index (χ2v) is 8.10. The first-order valence-corrected chi connectivity index (χ1v) is 7.55. The van der Waals surface area contributed by atoms with E-state index < -0.39 is 0 Å². The molecule has 0 radical (unpaired) electrons. The van der Waals surface area contributed by atoms with E-state index in [1.54, 1.807) is 0 Å². The molecular weight excluding hydrogens is 224 g/mol. The van der Waals surface area contributed by atoms with Crippen molar-refractivity contribution in [3.05, 3.63) is 0 Å². The highest BCUT2D eigenvalue weighted by atomic mass is 16.6. The molecule has 4 atom stereocenters. The molecule has 3 rings (SSSR count). The van der Waals surface area contributed by atoms with E-state index in [-0.39, 0.29) is 16.8 Å². The smallest absolute Gasteiger partial charge is 0.118 e. The summed E-state index contributed by atoms with van der Waals surface area (Å²) in [7, 11) is 0. The molecular formula is C16H28O2. The zero-order chi connectivity index (χ0) is 13.2. The molecule has 1 unspecified atom stereocenters. The van der Waals surface area contributed by atoms with E-state index in [0.29, 0.717) is 11.3 Å². The Morgan fingerprint density at radius 1 is 0.889 bits per heavy atom. The summed E-state index contributed by atoms with van der Waals surface area (Å²) in [5.41, 5.74) is 0.342. The van der Waals surface area contributed by atoms with Crippen molar-refractivity contribution in [2.75, 3.05) is 6.61 Å². The van der Waals surface area contributed by atoms with E-state index in [2.05, 4.69) is 34.6 Å². The van der Waals surface area contributed by atoms with Crippen LogP contribution in [0.5, 0.6) is 0 Å². The molecule has 3 fully saturated rings. The van der Waals surface area contributed by atoms with Crippen LogP contribution in [0, 0.1) is 11.3 Å². The molecule has 1 saturated carbocycles. The van der Waals surface area contributed by atoms with Crippen LogP contribution in [-0.2, 0) is 9.47 Å². The molecule has 2 aliphatic heterocycles. The van der Waals surface area contributed by atoms with Gasteiger partial charge in [-0.15, -0.1) is 0 Å². The van der Waals surface area contributed by atoms with Crippen LogP contribution in [0.15, 0.2) is 0 Å². The van der Waals surface area contributed by atoms with Crippen LogP contribution in [0.4, 0.5) is 0 Å². The monoisotopic (exact) mass is 252 g/mol. The molecule has 0 aromatic heterocycles. The van der Waals surface area contributed by atoms with E-state index >= 15 is 0 Å². The minimum Gasteiger partial charge on any atom is -0.369 e. The topological polar surface area (TPSA) is 18.5 Å². The van der Waals surface area contributed by atoms with Gasteiger partial charge in [0.1, 0.15) is 5.60 Å². The van der Waals surface area contributed by atoms with Gasteiger partial charge in [0, 0.05) is 0 Å². The molecule has 1 aliphatic carbocycles. The van der Waals surface area contributed by atoms with Crippen LogP contribution in [-0.4, -0.2) is 23.4 Å². The maximum Gasteiger partial charge on any atom is 0.118 e. The summed E-state index contributed by atoms with van der Waals surface area (Å²) >= 11 is 0. The molecule has 104 valence electrons. The average Bonchev–Trinajstić information content (AvgIpc) is 2.29. The van der Waals surface area contributed by atoms with Crippen LogP contribution in [0.1, 0.15) is 66.7 Å². The van der Waals surface area contributed by atoms with Crippen LogP contribution >= 0.6 is 0 Å². The number of rotatable bonds is 0. The Bertz CT molecular complexity index is 364. The first-order chi connectivity index (χ1) is 8.21. The van der Waals surface area contributed by atoms with Crippen molar-refractivity contribution in [2.45, 2.75) is 83.5 Å². The molecule has 2 nitrogen and oxygen atoms in total. The van der Waals surface area contributed by atoms with E-state index in [1.807, 2.05) is 0 Å². The van der Waals surface area contributed by atoms with E-state index in [0.717, 1.165) is 13.0 Å². The Balaban J connectivity index is 1.96. The molecule has 0 bridgehead atoms. The number of hydrogen-bond acceptors (Lipinski definition) is 2. The Morgan fingerprint density at radius 3 is 2.22 bits per heavy atom. The third kappa shape index (κ3) is 1.54. The summed E-state index contributed by atoms with van der Waals surface area (Å²) in [4.78, 5) is 0. The lowest BCUT2D eigenvalue weighted by Gasteiger charge is -2.57. The molecule has 18 heavy (non-hydrogen) atoms. The molecule has 3 aliphatic rings. The largest absolute Gasteiger partial charge is 0.369 e. The fourth-order valence-electron chi connectivity index (χ4n) is 4.82. The van der Waals surface area contributed by atoms with Gasteiger partial charge in [-0.3, -0.25) is 0 Å². The predicted octanol–water partition coefficient (Wildman–Crippen LogP) is 3.93. The Kier molecular flexibility index (Phi) is 2.53. The summed E-state index contributed by atoms with van der Waals surface area (Å²) in [6.45, 7) is 12.5. The summed E-state index contributed by atoms with van der Waals surface area (Å²) in [6, 6.07) is 0. The highest BCUT2D eigenvalue weighted by molar-refractivity contribution is 5.11. The Hall–Kier alpha value is -0.0800. The molecule has 0 aromatic rings. The molecule has 0 N–H and O–H groups in total. The lowest BCUT2D eigenvalue weighted by molar-refractivity contribution is -0.337. The lowest BCUT2D eigenvalue weighted by atomic mass is 9.60. The molecule has 2 saturated heterocycles. The van der Waals surface area contributed by atoms with Crippen molar-refractivity contribution in [3.63, 3.8) is 0 Å². The minimum atomic E-state index is -0.0656. The van der Waals surface area contributed by atoms with Gasteiger partial charge in [-0.25, -0.2) is 0 Å². The minimum absolute atomic E-state index is 0.0522. The third-order valence-electron chi connectivity index (χ3n) is 6.33. The first-order valence-electron chi connectivity index (χ1n) is 7.55. The van der Waals surface area contributed by atoms with Gasteiger partial charge in [0.05, 0.1) is 17.8 Å². The molecule has 0 spiro atoms. The maximum absolute atomic E-state index is 6.70. The third-order valence-corrected chi connectivity index (χ3v) is 6.33. The van der Waals surface area contributed by atoms with Gasteiger partial charge in [-0.2, -0.15) is 0 Å².